The lowest BCUT2D eigenvalue weighted by Gasteiger charge is -2.39. The Labute approximate surface area is 122 Å². The molecule has 6 heteroatoms. The molecule has 0 aromatic carbocycles. The molecule has 0 bridgehead atoms. The molecule has 20 heavy (non-hydrogen) atoms. The van der Waals surface area contributed by atoms with Gasteiger partial charge in [-0.1, -0.05) is 0 Å². The number of thiazole rings is 1. The maximum atomic E-state index is 12.5. The average molecular weight is 290 g/mol. The van der Waals surface area contributed by atoms with Gasteiger partial charge in [-0.2, -0.15) is 5.10 Å². The van der Waals surface area contributed by atoms with E-state index in [1.807, 2.05) is 48.0 Å². The van der Waals surface area contributed by atoms with Crippen molar-refractivity contribution >= 4 is 17.2 Å². The quantitative estimate of drug-likeness (QED) is 0.870. The predicted molar refractivity (Wildman–Crippen MR) is 77.8 cm³/mol. The molecule has 0 spiro atoms. The molecule has 1 fully saturated rings. The molecular weight excluding hydrogens is 272 g/mol. The van der Waals surface area contributed by atoms with Crippen LogP contribution in [0, 0.1) is 13.8 Å². The number of aromatic nitrogens is 3. The molecule has 1 unspecified atom stereocenters. The summed E-state index contributed by atoms with van der Waals surface area (Å²) in [6.07, 6.45) is 1.82. The highest BCUT2D eigenvalue weighted by atomic mass is 32.1. The van der Waals surface area contributed by atoms with Crippen LogP contribution in [0.2, 0.25) is 0 Å². The minimum absolute atomic E-state index is 0.143. The van der Waals surface area contributed by atoms with E-state index in [4.69, 9.17) is 0 Å². The smallest absolute Gasteiger partial charge is 0.247 e. The average Bonchev–Trinajstić information content (AvgIpc) is 2.96. The highest BCUT2D eigenvalue weighted by Crippen LogP contribution is 2.30. The SMILES string of the molecule is Cc1cc(C)n(C(C)C(=O)N2CC(c3nccs3)C2)n1. The largest absolute Gasteiger partial charge is 0.339 e. The third-order valence-electron chi connectivity index (χ3n) is 3.76. The fourth-order valence-corrected chi connectivity index (χ4v) is 3.38. The van der Waals surface area contributed by atoms with Gasteiger partial charge < -0.3 is 4.90 Å². The lowest BCUT2D eigenvalue weighted by molar-refractivity contribution is -0.139. The van der Waals surface area contributed by atoms with Crippen molar-refractivity contribution in [3.8, 4) is 0 Å². The van der Waals surface area contributed by atoms with Gasteiger partial charge in [0.1, 0.15) is 6.04 Å². The molecule has 0 radical (unpaired) electrons. The van der Waals surface area contributed by atoms with Gasteiger partial charge in [0, 0.05) is 36.3 Å². The van der Waals surface area contributed by atoms with Crippen LogP contribution < -0.4 is 0 Å². The van der Waals surface area contributed by atoms with Gasteiger partial charge in [0.2, 0.25) is 5.91 Å². The van der Waals surface area contributed by atoms with Crippen molar-refractivity contribution in [1.29, 1.82) is 0 Å². The zero-order valence-electron chi connectivity index (χ0n) is 11.9. The Morgan fingerprint density at radius 2 is 2.20 bits per heavy atom. The Bertz CT molecular complexity index is 613. The second-order valence-corrected chi connectivity index (χ2v) is 6.28. The number of rotatable bonds is 3. The summed E-state index contributed by atoms with van der Waals surface area (Å²) >= 11 is 1.66. The van der Waals surface area contributed by atoms with Crippen LogP contribution in [-0.4, -0.2) is 38.7 Å². The summed E-state index contributed by atoms with van der Waals surface area (Å²) in [5.41, 5.74) is 1.98. The van der Waals surface area contributed by atoms with Crippen molar-refractivity contribution in [2.24, 2.45) is 0 Å². The number of hydrogen-bond donors (Lipinski definition) is 0. The summed E-state index contributed by atoms with van der Waals surface area (Å²) in [7, 11) is 0. The Balaban J connectivity index is 1.64. The van der Waals surface area contributed by atoms with Crippen LogP contribution in [0.25, 0.3) is 0 Å². The molecule has 2 aromatic heterocycles. The molecule has 0 N–H and O–H groups in total. The fourth-order valence-electron chi connectivity index (χ4n) is 2.66. The van der Waals surface area contributed by atoms with Gasteiger partial charge in [0.15, 0.2) is 0 Å². The van der Waals surface area contributed by atoms with Gasteiger partial charge in [-0.25, -0.2) is 4.98 Å². The summed E-state index contributed by atoms with van der Waals surface area (Å²) in [5.74, 6) is 0.551. The van der Waals surface area contributed by atoms with Crippen molar-refractivity contribution in [2.75, 3.05) is 13.1 Å². The lowest BCUT2D eigenvalue weighted by Crippen LogP contribution is -2.50. The van der Waals surface area contributed by atoms with E-state index in [1.54, 1.807) is 11.3 Å². The Morgan fingerprint density at radius 3 is 2.75 bits per heavy atom. The fraction of sp³-hybridized carbons (Fsp3) is 0.500. The van der Waals surface area contributed by atoms with E-state index in [1.165, 1.54) is 0 Å². The Morgan fingerprint density at radius 1 is 1.45 bits per heavy atom. The first kappa shape index (κ1) is 13.3. The monoisotopic (exact) mass is 290 g/mol. The van der Waals surface area contributed by atoms with Crippen molar-refractivity contribution < 1.29 is 4.79 Å². The highest BCUT2D eigenvalue weighted by Gasteiger charge is 2.36. The van der Waals surface area contributed by atoms with E-state index in [9.17, 15) is 4.79 Å². The molecule has 3 heterocycles. The third-order valence-corrected chi connectivity index (χ3v) is 4.70. The molecule has 0 saturated carbocycles. The van der Waals surface area contributed by atoms with Crippen molar-refractivity contribution in [3.05, 3.63) is 34.0 Å². The number of carbonyl (C=O) groups is 1. The van der Waals surface area contributed by atoms with Crippen molar-refractivity contribution in [1.82, 2.24) is 19.7 Å². The van der Waals surface area contributed by atoms with Gasteiger partial charge in [0.25, 0.3) is 0 Å². The maximum Gasteiger partial charge on any atom is 0.247 e. The molecule has 1 aliphatic heterocycles. The molecule has 3 rings (SSSR count). The Kier molecular flexibility index (Phi) is 3.33. The summed E-state index contributed by atoms with van der Waals surface area (Å²) in [6, 6.07) is 1.76. The second kappa shape index (κ2) is 5.01. The molecule has 2 aromatic rings. The van der Waals surface area contributed by atoms with Crippen LogP contribution in [0.1, 0.15) is 35.3 Å². The standard InChI is InChI=1S/C14H18N4OS/c1-9-6-10(2)18(16-9)11(3)14(19)17-7-12(8-17)13-15-4-5-20-13/h4-6,11-12H,7-8H2,1-3H3. The van der Waals surface area contributed by atoms with E-state index in [-0.39, 0.29) is 11.9 Å². The number of nitrogens with zero attached hydrogens (tertiary/aromatic N) is 4. The number of likely N-dealkylation sites (tertiary alicyclic amines) is 1. The van der Waals surface area contributed by atoms with E-state index >= 15 is 0 Å². The van der Waals surface area contributed by atoms with Crippen molar-refractivity contribution in [2.45, 2.75) is 32.7 Å². The van der Waals surface area contributed by atoms with Crippen molar-refractivity contribution in [3.63, 3.8) is 0 Å². The maximum absolute atomic E-state index is 12.5. The lowest BCUT2D eigenvalue weighted by atomic mass is 10.00. The van der Waals surface area contributed by atoms with Crippen LogP contribution >= 0.6 is 11.3 Å². The molecule has 0 aliphatic carbocycles. The molecule has 1 saturated heterocycles. The molecular formula is C14H18N4OS. The summed E-state index contributed by atoms with van der Waals surface area (Å²) in [4.78, 5) is 18.7. The molecule has 1 atom stereocenters. The van der Waals surface area contributed by atoms with Gasteiger partial charge in [-0.15, -0.1) is 11.3 Å². The highest BCUT2D eigenvalue weighted by molar-refractivity contribution is 7.09. The topological polar surface area (TPSA) is 51.0 Å². The first-order valence-electron chi connectivity index (χ1n) is 6.77. The summed E-state index contributed by atoms with van der Waals surface area (Å²) < 4.78 is 1.81. The van der Waals surface area contributed by atoms with Crippen LogP contribution in [0.3, 0.4) is 0 Å². The van der Waals surface area contributed by atoms with E-state index < -0.39 is 0 Å². The van der Waals surface area contributed by atoms with Gasteiger partial charge in [-0.3, -0.25) is 9.48 Å². The van der Waals surface area contributed by atoms with Gasteiger partial charge in [-0.05, 0) is 26.8 Å². The van der Waals surface area contributed by atoms with Crippen LogP contribution in [0.15, 0.2) is 17.6 Å². The van der Waals surface area contributed by atoms with E-state index in [2.05, 4.69) is 10.1 Å². The zero-order chi connectivity index (χ0) is 14.3. The first-order chi connectivity index (χ1) is 9.56. The second-order valence-electron chi connectivity index (χ2n) is 5.36. The predicted octanol–water partition coefficient (Wildman–Crippen LogP) is 2.14. The molecule has 1 aliphatic rings. The minimum Gasteiger partial charge on any atom is -0.339 e. The van der Waals surface area contributed by atoms with Gasteiger partial charge in [0.05, 0.1) is 10.7 Å². The normalized spacial score (nSPS) is 17.1. The van der Waals surface area contributed by atoms with E-state index in [0.717, 1.165) is 29.5 Å². The molecule has 5 nitrogen and oxygen atoms in total. The first-order valence-corrected chi connectivity index (χ1v) is 7.65. The van der Waals surface area contributed by atoms with E-state index in [0.29, 0.717) is 5.92 Å². The molecule has 1 amide bonds. The third kappa shape index (κ3) is 2.24. The summed E-state index contributed by atoms with van der Waals surface area (Å²) in [6.45, 7) is 7.39. The Hall–Kier alpha value is -1.69. The zero-order valence-corrected chi connectivity index (χ0v) is 12.7. The number of amides is 1. The van der Waals surface area contributed by atoms with Crippen LogP contribution in [-0.2, 0) is 4.79 Å². The van der Waals surface area contributed by atoms with Crippen LogP contribution in [0.5, 0.6) is 0 Å². The minimum atomic E-state index is -0.235. The number of carbonyl (C=O) groups excluding carboxylic acids is 1. The molecule has 106 valence electrons. The van der Waals surface area contributed by atoms with Gasteiger partial charge >= 0.3 is 0 Å². The number of hydrogen-bond acceptors (Lipinski definition) is 4. The number of aryl methyl sites for hydroxylation is 2. The summed E-state index contributed by atoms with van der Waals surface area (Å²) in [5, 5.41) is 7.52. The van der Waals surface area contributed by atoms with Crippen LogP contribution in [0.4, 0.5) is 0 Å².